The highest BCUT2D eigenvalue weighted by atomic mass is 16.2. The molecule has 1 aliphatic carbocycles. The lowest BCUT2D eigenvalue weighted by Crippen LogP contribution is -2.47. The molecule has 0 radical (unpaired) electrons. The summed E-state index contributed by atoms with van der Waals surface area (Å²) in [4.78, 5) is 28.8. The Balaban J connectivity index is 2.19. The van der Waals surface area contributed by atoms with Gasteiger partial charge in [-0.1, -0.05) is 26.2 Å². The maximum absolute atomic E-state index is 12.6. The van der Waals surface area contributed by atoms with Crippen LogP contribution in [0.15, 0.2) is 0 Å². The molecule has 0 aromatic rings. The first-order valence-corrected chi connectivity index (χ1v) is 8.19. The number of amides is 2. The number of rotatable bonds is 1. The van der Waals surface area contributed by atoms with E-state index in [0.29, 0.717) is 6.42 Å². The van der Waals surface area contributed by atoms with Gasteiger partial charge < -0.3 is 9.80 Å². The predicted octanol–water partition coefficient (Wildman–Crippen LogP) is 2.43. The first kappa shape index (κ1) is 15.3. The van der Waals surface area contributed by atoms with Crippen LogP contribution in [-0.4, -0.2) is 47.8 Å². The molecular formula is C16H28N2O2. The fraction of sp³-hybridized carbons (Fsp3) is 0.875. The van der Waals surface area contributed by atoms with Crippen LogP contribution in [0.2, 0.25) is 0 Å². The molecule has 2 atom stereocenters. The topological polar surface area (TPSA) is 40.6 Å². The Bertz CT molecular complexity index is 356. The second kappa shape index (κ2) is 7.09. The Kier molecular flexibility index (Phi) is 5.44. The molecule has 2 amide bonds. The van der Waals surface area contributed by atoms with Gasteiger partial charge in [0.25, 0.3) is 0 Å². The van der Waals surface area contributed by atoms with Crippen LogP contribution in [0.3, 0.4) is 0 Å². The van der Waals surface area contributed by atoms with Crippen LogP contribution < -0.4 is 0 Å². The largest absolute Gasteiger partial charge is 0.345 e. The molecule has 1 heterocycles. The number of hydrogen-bond acceptors (Lipinski definition) is 2. The third-order valence-electron chi connectivity index (χ3n) is 4.84. The van der Waals surface area contributed by atoms with Crippen LogP contribution in [0.1, 0.15) is 58.3 Å². The molecule has 1 saturated heterocycles. The van der Waals surface area contributed by atoms with Crippen LogP contribution in [0.4, 0.5) is 0 Å². The molecule has 0 spiro atoms. The minimum Gasteiger partial charge on any atom is -0.345 e. The standard InChI is InChI=1S/C16H28N2O2/c1-3-15(19)18-12-7-5-4-6-11-17(2)16(20)13-9-8-10-14(13)18/h13-14H,3-12H2,1-2H3/t13-,14+/m1/s1. The molecule has 114 valence electrons. The van der Waals surface area contributed by atoms with Gasteiger partial charge in [0.1, 0.15) is 0 Å². The summed E-state index contributed by atoms with van der Waals surface area (Å²) < 4.78 is 0. The number of hydrogen-bond donors (Lipinski definition) is 0. The third-order valence-corrected chi connectivity index (χ3v) is 4.84. The Labute approximate surface area is 122 Å². The molecule has 4 nitrogen and oxygen atoms in total. The van der Waals surface area contributed by atoms with E-state index in [4.69, 9.17) is 0 Å². The second-order valence-electron chi connectivity index (χ2n) is 6.22. The van der Waals surface area contributed by atoms with E-state index in [0.717, 1.165) is 58.0 Å². The van der Waals surface area contributed by atoms with Gasteiger partial charge in [-0.25, -0.2) is 0 Å². The van der Waals surface area contributed by atoms with Gasteiger partial charge in [0.15, 0.2) is 0 Å². The van der Waals surface area contributed by atoms with Crippen LogP contribution in [0.5, 0.6) is 0 Å². The lowest BCUT2D eigenvalue weighted by Gasteiger charge is -2.33. The van der Waals surface area contributed by atoms with Crippen molar-refractivity contribution >= 4 is 11.8 Å². The summed E-state index contributed by atoms with van der Waals surface area (Å²) in [5.74, 6) is 0.508. The van der Waals surface area contributed by atoms with E-state index in [1.807, 2.05) is 23.8 Å². The van der Waals surface area contributed by atoms with Crippen molar-refractivity contribution in [3.05, 3.63) is 0 Å². The van der Waals surface area contributed by atoms with E-state index in [1.165, 1.54) is 0 Å². The van der Waals surface area contributed by atoms with Crippen LogP contribution in [0.25, 0.3) is 0 Å². The predicted molar refractivity (Wildman–Crippen MR) is 79.2 cm³/mol. The maximum Gasteiger partial charge on any atom is 0.227 e. The van der Waals surface area contributed by atoms with Gasteiger partial charge in [-0.05, 0) is 25.7 Å². The summed E-state index contributed by atoms with van der Waals surface area (Å²) in [5, 5.41) is 0. The van der Waals surface area contributed by atoms with Gasteiger partial charge in [-0.3, -0.25) is 9.59 Å². The van der Waals surface area contributed by atoms with Crippen molar-refractivity contribution in [1.82, 2.24) is 9.80 Å². The second-order valence-corrected chi connectivity index (χ2v) is 6.22. The molecule has 1 aliphatic heterocycles. The van der Waals surface area contributed by atoms with E-state index >= 15 is 0 Å². The van der Waals surface area contributed by atoms with Gasteiger partial charge in [-0.15, -0.1) is 0 Å². The monoisotopic (exact) mass is 280 g/mol. The molecule has 0 aromatic heterocycles. The van der Waals surface area contributed by atoms with E-state index in [9.17, 15) is 9.59 Å². The Morgan fingerprint density at radius 2 is 1.80 bits per heavy atom. The van der Waals surface area contributed by atoms with Gasteiger partial charge >= 0.3 is 0 Å². The fourth-order valence-electron chi connectivity index (χ4n) is 3.66. The SMILES string of the molecule is CCC(=O)N1CCCCCCN(C)C(=O)[C@@H]2CCC[C@@H]21. The highest BCUT2D eigenvalue weighted by Gasteiger charge is 2.39. The fourth-order valence-corrected chi connectivity index (χ4v) is 3.66. The molecule has 2 rings (SSSR count). The summed E-state index contributed by atoms with van der Waals surface area (Å²) >= 11 is 0. The molecule has 0 N–H and O–H groups in total. The molecule has 2 fully saturated rings. The molecule has 2 aliphatic rings. The minimum absolute atomic E-state index is 0.0357. The van der Waals surface area contributed by atoms with Crippen molar-refractivity contribution in [1.29, 1.82) is 0 Å². The number of carbonyl (C=O) groups is 2. The Hall–Kier alpha value is -1.06. The highest BCUT2D eigenvalue weighted by Crippen LogP contribution is 2.32. The van der Waals surface area contributed by atoms with Gasteiger partial charge in [0.05, 0.1) is 5.92 Å². The van der Waals surface area contributed by atoms with E-state index in [-0.39, 0.29) is 23.8 Å². The molecule has 20 heavy (non-hydrogen) atoms. The first-order chi connectivity index (χ1) is 9.65. The molecule has 0 bridgehead atoms. The normalized spacial score (nSPS) is 29.0. The van der Waals surface area contributed by atoms with Crippen LogP contribution >= 0.6 is 0 Å². The van der Waals surface area contributed by atoms with E-state index < -0.39 is 0 Å². The number of nitrogens with zero attached hydrogens (tertiary/aromatic N) is 2. The maximum atomic E-state index is 12.6. The van der Waals surface area contributed by atoms with Crippen LogP contribution in [0, 0.1) is 5.92 Å². The molecule has 1 saturated carbocycles. The van der Waals surface area contributed by atoms with Gasteiger partial charge in [0, 0.05) is 32.6 Å². The molecule has 4 heteroatoms. The van der Waals surface area contributed by atoms with Crippen molar-refractivity contribution in [3.8, 4) is 0 Å². The van der Waals surface area contributed by atoms with Crippen molar-refractivity contribution in [2.45, 2.75) is 64.3 Å². The summed E-state index contributed by atoms with van der Waals surface area (Å²) in [6, 6.07) is 0.149. The summed E-state index contributed by atoms with van der Waals surface area (Å²) in [5.41, 5.74) is 0. The number of carbonyl (C=O) groups excluding carboxylic acids is 2. The van der Waals surface area contributed by atoms with Crippen LogP contribution in [-0.2, 0) is 9.59 Å². The smallest absolute Gasteiger partial charge is 0.227 e. The molecule has 0 unspecified atom stereocenters. The summed E-state index contributed by atoms with van der Waals surface area (Å²) in [6.07, 6.45) is 8.04. The lowest BCUT2D eigenvalue weighted by molar-refractivity contribution is -0.140. The van der Waals surface area contributed by atoms with Crippen molar-refractivity contribution < 1.29 is 9.59 Å². The third kappa shape index (κ3) is 3.33. The lowest BCUT2D eigenvalue weighted by atomic mass is 9.99. The Morgan fingerprint density at radius 3 is 2.50 bits per heavy atom. The zero-order chi connectivity index (χ0) is 14.5. The van der Waals surface area contributed by atoms with Gasteiger partial charge in [0.2, 0.25) is 11.8 Å². The highest BCUT2D eigenvalue weighted by molar-refractivity contribution is 5.82. The summed E-state index contributed by atoms with van der Waals surface area (Å²) in [7, 11) is 1.92. The van der Waals surface area contributed by atoms with E-state index in [2.05, 4.69) is 0 Å². The average Bonchev–Trinajstić information content (AvgIpc) is 2.92. The Morgan fingerprint density at radius 1 is 1.10 bits per heavy atom. The van der Waals surface area contributed by atoms with Crippen molar-refractivity contribution in [2.24, 2.45) is 5.92 Å². The summed E-state index contributed by atoms with van der Waals surface area (Å²) in [6.45, 7) is 3.62. The average molecular weight is 280 g/mol. The quantitative estimate of drug-likeness (QED) is 0.740. The van der Waals surface area contributed by atoms with Gasteiger partial charge in [-0.2, -0.15) is 0 Å². The number of fused-ring (bicyclic) bond motifs is 1. The van der Waals surface area contributed by atoms with Crippen molar-refractivity contribution in [2.75, 3.05) is 20.1 Å². The zero-order valence-electron chi connectivity index (χ0n) is 12.9. The van der Waals surface area contributed by atoms with Crippen molar-refractivity contribution in [3.63, 3.8) is 0 Å². The minimum atomic E-state index is 0.0357. The molecule has 0 aromatic carbocycles. The zero-order valence-corrected chi connectivity index (χ0v) is 12.9. The first-order valence-electron chi connectivity index (χ1n) is 8.19. The van der Waals surface area contributed by atoms with E-state index in [1.54, 1.807) is 0 Å². The molecular weight excluding hydrogens is 252 g/mol.